The molecule has 0 amide bonds. The number of nitrogens with zero attached hydrogens (tertiary/aromatic N) is 2. The fraction of sp³-hybridized carbons (Fsp3) is 0.273. The Bertz CT molecular complexity index is 505. The second-order valence-electron chi connectivity index (χ2n) is 3.17. The van der Waals surface area contributed by atoms with Crippen LogP contribution in [0.25, 0.3) is 0 Å². The van der Waals surface area contributed by atoms with Crippen LogP contribution in [0.1, 0.15) is 0 Å². The molecule has 8 heteroatoms. The van der Waals surface area contributed by atoms with E-state index in [9.17, 15) is 8.78 Å². The molecular formula is C11H10ClF2N3OS. The number of nitriles is 1. The smallest absolute Gasteiger partial charge is 0.272 e. The normalized spacial score (nSPS) is 11.3. The van der Waals surface area contributed by atoms with Gasteiger partial charge >= 0.3 is 0 Å². The standard InChI is InChI=1S/C11H10ClF2N3OS/c1-19-11(16-6-15)17-7-2-3-9(8(12)4-7)18-5-10(13)14/h2-4,10H,5H2,1H3,(H,16,17). The van der Waals surface area contributed by atoms with E-state index in [2.05, 4.69) is 10.3 Å². The van der Waals surface area contributed by atoms with Crippen molar-refractivity contribution in [1.82, 2.24) is 5.32 Å². The molecule has 102 valence electrons. The first-order valence-electron chi connectivity index (χ1n) is 5.05. The van der Waals surface area contributed by atoms with E-state index in [0.29, 0.717) is 10.9 Å². The molecule has 0 aliphatic heterocycles. The molecule has 0 bridgehead atoms. The zero-order valence-corrected chi connectivity index (χ0v) is 11.4. The van der Waals surface area contributed by atoms with Crippen molar-refractivity contribution in [2.75, 3.05) is 12.9 Å². The second-order valence-corrected chi connectivity index (χ2v) is 4.38. The fourth-order valence-corrected chi connectivity index (χ4v) is 1.69. The minimum atomic E-state index is -2.56. The third-order valence-electron chi connectivity index (χ3n) is 1.87. The molecule has 0 fully saturated rings. The highest BCUT2D eigenvalue weighted by atomic mass is 35.5. The van der Waals surface area contributed by atoms with E-state index in [0.717, 1.165) is 0 Å². The van der Waals surface area contributed by atoms with Gasteiger partial charge in [-0.3, -0.25) is 5.32 Å². The maximum atomic E-state index is 12.0. The van der Waals surface area contributed by atoms with Crippen molar-refractivity contribution in [2.45, 2.75) is 6.43 Å². The van der Waals surface area contributed by atoms with E-state index in [1.807, 2.05) is 0 Å². The third-order valence-corrected chi connectivity index (χ3v) is 2.74. The molecule has 1 N–H and O–H groups in total. The molecule has 0 aliphatic carbocycles. The first-order valence-corrected chi connectivity index (χ1v) is 6.65. The van der Waals surface area contributed by atoms with Crippen LogP contribution in [0.5, 0.6) is 5.75 Å². The van der Waals surface area contributed by atoms with Gasteiger partial charge in [-0.15, -0.1) is 0 Å². The molecule has 0 saturated carbocycles. The Hall–Kier alpha value is -1.52. The van der Waals surface area contributed by atoms with Crippen LogP contribution < -0.4 is 10.1 Å². The predicted molar refractivity (Wildman–Crippen MR) is 72.3 cm³/mol. The molecule has 1 rings (SSSR count). The number of hydrogen-bond acceptors (Lipinski definition) is 4. The topological polar surface area (TPSA) is 57.4 Å². The van der Waals surface area contributed by atoms with Gasteiger partial charge in [0.1, 0.15) is 12.4 Å². The van der Waals surface area contributed by atoms with Crippen LogP contribution in [0.2, 0.25) is 5.02 Å². The Kier molecular flexibility index (Phi) is 6.39. The van der Waals surface area contributed by atoms with E-state index in [1.165, 1.54) is 23.9 Å². The summed E-state index contributed by atoms with van der Waals surface area (Å²) in [5.74, 6) is 0.167. The molecule has 0 spiro atoms. The third kappa shape index (κ3) is 5.32. The number of thioether (sulfide) groups is 1. The van der Waals surface area contributed by atoms with E-state index >= 15 is 0 Å². The lowest BCUT2D eigenvalue weighted by Crippen LogP contribution is -2.12. The molecule has 4 nitrogen and oxygen atoms in total. The summed E-state index contributed by atoms with van der Waals surface area (Å²) in [5, 5.41) is 11.5. The van der Waals surface area contributed by atoms with Gasteiger partial charge < -0.3 is 4.74 Å². The molecule has 19 heavy (non-hydrogen) atoms. The lowest BCUT2D eigenvalue weighted by Gasteiger charge is -2.08. The Morgan fingerprint density at radius 3 is 2.89 bits per heavy atom. The van der Waals surface area contributed by atoms with Crippen LogP contribution in [0.15, 0.2) is 23.2 Å². The van der Waals surface area contributed by atoms with Crippen molar-refractivity contribution in [1.29, 1.82) is 5.26 Å². The summed E-state index contributed by atoms with van der Waals surface area (Å²) in [6, 6.07) is 4.48. The molecule has 0 radical (unpaired) electrons. The van der Waals surface area contributed by atoms with E-state index < -0.39 is 13.0 Å². The minimum absolute atomic E-state index is 0.167. The molecule has 1 aromatic carbocycles. The summed E-state index contributed by atoms with van der Waals surface area (Å²) < 4.78 is 28.8. The highest BCUT2D eigenvalue weighted by Crippen LogP contribution is 2.29. The largest absolute Gasteiger partial charge is 0.486 e. The molecular weight excluding hydrogens is 296 g/mol. The number of benzene rings is 1. The van der Waals surface area contributed by atoms with Gasteiger partial charge in [-0.2, -0.15) is 5.26 Å². The molecule has 1 aromatic rings. The molecule has 0 heterocycles. The SMILES string of the molecule is CSC(=Nc1ccc(OCC(F)F)c(Cl)c1)NC#N. The highest BCUT2D eigenvalue weighted by Gasteiger charge is 2.07. The Morgan fingerprint density at radius 1 is 1.63 bits per heavy atom. The zero-order chi connectivity index (χ0) is 14.3. The van der Waals surface area contributed by atoms with E-state index in [-0.39, 0.29) is 10.8 Å². The zero-order valence-electron chi connectivity index (χ0n) is 9.86. The van der Waals surface area contributed by atoms with Crippen molar-refractivity contribution in [2.24, 2.45) is 4.99 Å². The number of hydrogen-bond donors (Lipinski definition) is 1. The van der Waals surface area contributed by atoms with Gasteiger partial charge in [0.25, 0.3) is 6.43 Å². The minimum Gasteiger partial charge on any atom is -0.486 e. The number of rotatable bonds is 4. The molecule has 0 atom stereocenters. The van der Waals surface area contributed by atoms with Crippen molar-refractivity contribution in [3.8, 4) is 11.9 Å². The lowest BCUT2D eigenvalue weighted by atomic mass is 10.3. The summed E-state index contributed by atoms with van der Waals surface area (Å²) >= 11 is 7.14. The van der Waals surface area contributed by atoms with Crippen LogP contribution in [-0.4, -0.2) is 24.5 Å². The van der Waals surface area contributed by atoms with Gasteiger partial charge in [-0.25, -0.2) is 13.8 Å². The number of ether oxygens (including phenoxy) is 1. The van der Waals surface area contributed by atoms with Crippen LogP contribution in [0.3, 0.4) is 0 Å². The summed E-state index contributed by atoms with van der Waals surface area (Å²) in [5.41, 5.74) is 0.487. The summed E-state index contributed by atoms with van der Waals surface area (Å²) in [6.07, 6.45) is 0.951. The number of nitrogens with one attached hydrogen (secondary N) is 1. The Balaban J connectivity index is 2.84. The maximum Gasteiger partial charge on any atom is 0.272 e. The second kappa shape index (κ2) is 7.81. The number of amidine groups is 1. The maximum absolute atomic E-state index is 12.0. The van der Waals surface area contributed by atoms with E-state index in [1.54, 1.807) is 18.5 Å². The van der Waals surface area contributed by atoms with Crippen molar-refractivity contribution >= 4 is 34.2 Å². The van der Waals surface area contributed by atoms with Gasteiger partial charge in [-0.05, 0) is 24.5 Å². The van der Waals surface area contributed by atoms with Gasteiger partial charge in [0.2, 0.25) is 0 Å². The van der Waals surface area contributed by atoms with Crippen LogP contribution in [0.4, 0.5) is 14.5 Å². The molecule has 0 aliphatic rings. The Morgan fingerprint density at radius 2 is 2.37 bits per heavy atom. The van der Waals surface area contributed by atoms with Gasteiger partial charge in [-0.1, -0.05) is 23.4 Å². The molecule has 0 saturated heterocycles. The number of aliphatic imine (C=N–C) groups is 1. The Labute approximate surface area is 118 Å². The highest BCUT2D eigenvalue weighted by molar-refractivity contribution is 8.13. The predicted octanol–water partition coefficient (Wildman–Crippen LogP) is 3.41. The van der Waals surface area contributed by atoms with Crippen LogP contribution >= 0.6 is 23.4 Å². The number of alkyl halides is 2. The van der Waals surface area contributed by atoms with Gasteiger partial charge in [0.05, 0.1) is 10.7 Å². The molecule has 0 aromatic heterocycles. The summed E-state index contributed by atoms with van der Waals surface area (Å²) in [4.78, 5) is 4.12. The van der Waals surface area contributed by atoms with Gasteiger partial charge in [0, 0.05) is 0 Å². The van der Waals surface area contributed by atoms with Crippen molar-refractivity contribution in [3.63, 3.8) is 0 Å². The average Bonchev–Trinajstić information content (AvgIpc) is 2.37. The first kappa shape index (κ1) is 15.5. The summed E-state index contributed by atoms with van der Waals surface area (Å²) in [7, 11) is 0. The van der Waals surface area contributed by atoms with Crippen molar-refractivity contribution < 1.29 is 13.5 Å². The number of halogens is 3. The van der Waals surface area contributed by atoms with E-state index in [4.69, 9.17) is 21.6 Å². The molecule has 0 unspecified atom stereocenters. The first-order chi connectivity index (χ1) is 9.06. The average molecular weight is 306 g/mol. The lowest BCUT2D eigenvalue weighted by molar-refractivity contribution is 0.0819. The van der Waals surface area contributed by atoms with Crippen molar-refractivity contribution in [3.05, 3.63) is 23.2 Å². The van der Waals surface area contributed by atoms with Crippen LogP contribution in [0, 0.1) is 11.5 Å². The van der Waals surface area contributed by atoms with Gasteiger partial charge in [0.15, 0.2) is 11.4 Å². The fourth-order valence-electron chi connectivity index (χ4n) is 1.12. The quantitative estimate of drug-likeness (QED) is 0.401. The van der Waals surface area contributed by atoms with Crippen LogP contribution in [-0.2, 0) is 0 Å². The summed E-state index contributed by atoms with van der Waals surface area (Å²) in [6.45, 7) is -0.714. The monoisotopic (exact) mass is 305 g/mol.